The molecule has 1 aromatic heterocycles. The molecule has 0 N–H and O–H groups in total. The van der Waals surface area contributed by atoms with Crippen molar-refractivity contribution in [1.82, 2.24) is 4.57 Å². The predicted octanol–water partition coefficient (Wildman–Crippen LogP) is 1.96. The maximum Gasteiger partial charge on any atom is 0.255 e. The molecule has 0 aromatic carbocycles. The number of nitrogens with zero attached hydrogens (tertiary/aromatic N) is 3. The van der Waals surface area contributed by atoms with Crippen molar-refractivity contribution >= 4 is 0 Å². The van der Waals surface area contributed by atoms with E-state index in [1.54, 1.807) is 0 Å². The third-order valence-electron chi connectivity index (χ3n) is 2.71. The number of aryl methyl sites for hydroxylation is 2. The lowest BCUT2D eigenvalue weighted by Gasteiger charge is -2.00. The molecule has 1 rings (SSSR count). The highest BCUT2D eigenvalue weighted by atomic mass is 15.1. The van der Waals surface area contributed by atoms with Crippen LogP contribution in [-0.2, 0) is 20.0 Å². The van der Waals surface area contributed by atoms with Crippen molar-refractivity contribution in [2.45, 2.75) is 45.6 Å². The molecule has 0 bridgehead atoms. The Morgan fingerprint density at radius 2 is 2.20 bits per heavy atom. The summed E-state index contributed by atoms with van der Waals surface area (Å²) in [5, 5.41) is 8.41. The van der Waals surface area contributed by atoms with Gasteiger partial charge in [0, 0.05) is 12.8 Å². The van der Waals surface area contributed by atoms with Crippen LogP contribution < -0.4 is 4.57 Å². The number of rotatable bonds is 6. The van der Waals surface area contributed by atoms with Crippen LogP contribution in [0.5, 0.6) is 0 Å². The Balaban J connectivity index is 2.34. The average Bonchev–Trinajstić information content (AvgIpc) is 2.59. The highest BCUT2D eigenvalue weighted by Gasteiger charge is 2.10. The standard InChI is InChI=1S/C12H20N3/c1-3-12-14(2)10-11-15(12)9-7-5-4-6-8-13/h10-11H,3-7,9H2,1-2H3/q+1. The Hall–Kier alpha value is -1.30. The molecule has 0 fully saturated rings. The zero-order valence-electron chi connectivity index (χ0n) is 9.74. The number of nitriles is 1. The highest BCUT2D eigenvalue weighted by Crippen LogP contribution is 2.03. The molecule has 0 spiro atoms. The molecule has 0 aliphatic rings. The number of hydrogen-bond acceptors (Lipinski definition) is 1. The minimum atomic E-state index is 0.695. The van der Waals surface area contributed by atoms with Crippen molar-refractivity contribution in [2.75, 3.05) is 0 Å². The van der Waals surface area contributed by atoms with Crippen molar-refractivity contribution in [2.24, 2.45) is 7.05 Å². The maximum absolute atomic E-state index is 8.41. The van der Waals surface area contributed by atoms with Gasteiger partial charge in [0.2, 0.25) is 0 Å². The molecule has 1 aromatic rings. The van der Waals surface area contributed by atoms with E-state index in [-0.39, 0.29) is 0 Å². The fraction of sp³-hybridized carbons (Fsp3) is 0.667. The molecule has 0 amide bonds. The first kappa shape index (κ1) is 11.8. The van der Waals surface area contributed by atoms with E-state index < -0.39 is 0 Å². The molecule has 82 valence electrons. The second-order valence-corrected chi connectivity index (χ2v) is 3.84. The molecule has 0 radical (unpaired) electrons. The van der Waals surface area contributed by atoms with Gasteiger partial charge in [-0.1, -0.05) is 6.92 Å². The molecule has 1 heterocycles. The van der Waals surface area contributed by atoms with Gasteiger partial charge < -0.3 is 0 Å². The van der Waals surface area contributed by atoms with E-state index in [9.17, 15) is 0 Å². The lowest BCUT2D eigenvalue weighted by Crippen LogP contribution is -2.31. The molecule has 0 aliphatic heterocycles. The Morgan fingerprint density at radius 3 is 2.87 bits per heavy atom. The molecule has 0 atom stereocenters. The zero-order chi connectivity index (χ0) is 11.1. The number of hydrogen-bond donors (Lipinski definition) is 0. The maximum atomic E-state index is 8.41. The lowest BCUT2D eigenvalue weighted by atomic mass is 10.2. The summed E-state index contributed by atoms with van der Waals surface area (Å²) >= 11 is 0. The van der Waals surface area contributed by atoms with Crippen molar-refractivity contribution < 1.29 is 4.57 Å². The van der Waals surface area contributed by atoms with Gasteiger partial charge >= 0.3 is 0 Å². The molecule has 0 saturated carbocycles. The van der Waals surface area contributed by atoms with Crippen LogP contribution in [0.1, 0.15) is 38.4 Å². The van der Waals surface area contributed by atoms with E-state index in [1.807, 2.05) is 0 Å². The van der Waals surface area contributed by atoms with E-state index >= 15 is 0 Å². The Morgan fingerprint density at radius 1 is 1.40 bits per heavy atom. The van der Waals surface area contributed by atoms with Gasteiger partial charge in [0.05, 0.1) is 19.7 Å². The monoisotopic (exact) mass is 206 g/mol. The molecule has 3 nitrogen and oxygen atoms in total. The van der Waals surface area contributed by atoms with Crippen LogP contribution in [0.2, 0.25) is 0 Å². The summed E-state index contributed by atoms with van der Waals surface area (Å²) < 4.78 is 4.49. The fourth-order valence-corrected chi connectivity index (χ4v) is 1.87. The van der Waals surface area contributed by atoms with Gasteiger partial charge in [-0.25, -0.2) is 9.13 Å². The topological polar surface area (TPSA) is 32.6 Å². The van der Waals surface area contributed by atoms with Gasteiger partial charge in [-0.3, -0.25) is 0 Å². The minimum Gasteiger partial charge on any atom is -0.237 e. The summed E-state index contributed by atoms with van der Waals surface area (Å²) in [6, 6.07) is 2.18. The number of imidazole rings is 1. The summed E-state index contributed by atoms with van der Waals surface area (Å²) in [5.74, 6) is 1.37. The largest absolute Gasteiger partial charge is 0.255 e. The molecule has 3 heteroatoms. The smallest absolute Gasteiger partial charge is 0.237 e. The van der Waals surface area contributed by atoms with Gasteiger partial charge in [0.25, 0.3) is 5.82 Å². The summed E-state index contributed by atoms with van der Waals surface area (Å²) in [4.78, 5) is 0. The van der Waals surface area contributed by atoms with Crippen LogP contribution in [0, 0.1) is 11.3 Å². The predicted molar refractivity (Wildman–Crippen MR) is 59.1 cm³/mol. The van der Waals surface area contributed by atoms with Crippen LogP contribution >= 0.6 is 0 Å². The average molecular weight is 206 g/mol. The number of unbranched alkanes of at least 4 members (excludes halogenated alkanes) is 3. The molecule has 0 aliphatic carbocycles. The SMILES string of the molecule is CCc1n(CCCCCC#N)cc[n+]1C. The summed E-state index contributed by atoms with van der Waals surface area (Å²) in [7, 11) is 2.09. The quantitative estimate of drug-likeness (QED) is 0.517. The minimum absolute atomic E-state index is 0.695. The van der Waals surface area contributed by atoms with E-state index in [1.165, 1.54) is 12.2 Å². The van der Waals surface area contributed by atoms with E-state index in [0.717, 1.165) is 25.8 Å². The van der Waals surface area contributed by atoms with Crippen molar-refractivity contribution in [3.05, 3.63) is 18.2 Å². The van der Waals surface area contributed by atoms with Gasteiger partial charge in [0.1, 0.15) is 12.4 Å². The van der Waals surface area contributed by atoms with E-state index in [0.29, 0.717) is 6.42 Å². The van der Waals surface area contributed by atoms with Crippen LogP contribution in [0.4, 0.5) is 0 Å². The molecular weight excluding hydrogens is 186 g/mol. The van der Waals surface area contributed by atoms with Gasteiger partial charge in [-0.15, -0.1) is 0 Å². The molecule has 0 unspecified atom stereocenters. The normalized spacial score (nSPS) is 10.2. The van der Waals surface area contributed by atoms with Crippen LogP contribution in [0.25, 0.3) is 0 Å². The molecule has 15 heavy (non-hydrogen) atoms. The van der Waals surface area contributed by atoms with Crippen LogP contribution in [-0.4, -0.2) is 4.57 Å². The number of aromatic nitrogens is 2. The van der Waals surface area contributed by atoms with Crippen LogP contribution in [0.3, 0.4) is 0 Å². The highest BCUT2D eigenvalue weighted by molar-refractivity contribution is 4.82. The second kappa shape index (κ2) is 6.23. The summed E-state index contributed by atoms with van der Waals surface area (Å²) in [6.45, 7) is 3.26. The van der Waals surface area contributed by atoms with Gasteiger partial charge in [-0.05, 0) is 19.3 Å². The van der Waals surface area contributed by atoms with E-state index in [2.05, 4.69) is 41.6 Å². The van der Waals surface area contributed by atoms with Crippen LogP contribution in [0.15, 0.2) is 12.4 Å². The third kappa shape index (κ3) is 3.39. The first-order valence-electron chi connectivity index (χ1n) is 5.70. The fourth-order valence-electron chi connectivity index (χ4n) is 1.87. The van der Waals surface area contributed by atoms with Crippen molar-refractivity contribution in [3.8, 4) is 6.07 Å². The lowest BCUT2D eigenvalue weighted by molar-refractivity contribution is -0.678. The van der Waals surface area contributed by atoms with Crippen molar-refractivity contribution in [3.63, 3.8) is 0 Å². The zero-order valence-corrected chi connectivity index (χ0v) is 9.74. The second-order valence-electron chi connectivity index (χ2n) is 3.84. The summed E-state index contributed by atoms with van der Waals surface area (Å²) in [5.41, 5.74) is 0. The molecule has 0 saturated heterocycles. The van der Waals surface area contributed by atoms with Gasteiger partial charge in [-0.2, -0.15) is 5.26 Å². The Kier molecular flexibility index (Phi) is 4.89. The summed E-state index contributed by atoms with van der Waals surface area (Å²) in [6.07, 6.45) is 9.37. The molecular formula is C12H20N3+. The first-order chi connectivity index (χ1) is 7.29. The van der Waals surface area contributed by atoms with Gasteiger partial charge in [0.15, 0.2) is 0 Å². The Bertz CT molecular complexity index is 333. The first-order valence-corrected chi connectivity index (χ1v) is 5.70. The third-order valence-corrected chi connectivity index (χ3v) is 2.71. The Labute approximate surface area is 92.0 Å². The van der Waals surface area contributed by atoms with E-state index in [4.69, 9.17) is 5.26 Å². The van der Waals surface area contributed by atoms with Crippen molar-refractivity contribution in [1.29, 1.82) is 5.26 Å².